The molecule has 0 N–H and O–H groups in total. The van der Waals surface area contributed by atoms with Crippen LogP contribution in [-0.2, 0) is 0 Å². The molecule has 0 saturated carbocycles. The molecule has 0 fully saturated rings. The highest BCUT2D eigenvalue weighted by molar-refractivity contribution is 5.28. The van der Waals surface area contributed by atoms with E-state index >= 15 is 0 Å². The van der Waals surface area contributed by atoms with Crippen LogP contribution in [-0.4, -0.2) is 0 Å². The molecule has 1 unspecified atom stereocenters. The Kier molecular flexibility index (Phi) is 2.75. The van der Waals surface area contributed by atoms with Gasteiger partial charge in [-0.15, -0.1) is 0 Å². The van der Waals surface area contributed by atoms with Gasteiger partial charge in [-0.05, 0) is 13.0 Å². The van der Waals surface area contributed by atoms with Crippen molar-refractivity contribution in [2.45, 2.75) is 12.8 Å². The van der Waals surface area contributed by atoms with Gasteiger partial charge >= 0.3 is 0 Å². The fourth-order valence-electron chi connectivity index (χ4n) is 0.976. The summed E-state index contributed by atoms with van der Waals surface area (Å²) in [5.74, 6) is -7.79. The van der Waals surface area contributed by atoms with Crippen LogP contribution in [0.1, 0.15) is 18.4 Å². The molecule has 1 aromatic rings. The van der Waals surface area contributed by atoms with Crippen LogP contribution in [0.2, 0.25) is 0 Å². The Morgan fingerprint density at radius 1 is 1.14 bits per heavy atom. The van der Waals surface area contributed by atoms with E-state index in [0.717, 1.165) is 0 Å². The molecule has 0 aliphatic rings. The van der Waals surface area contributed by atoms with Crippen molar-refractivity contribution in [2.24, 2.45) is 0 Å². The molecular formula is C9H5F4N. The molecule has 0 spiro atoms. The average molecular weight is 203 g/mol. The summed E-state index contributed by atoms with van der Waals surface area (Å²) in [6, 6.07) is 2.09. The predicted octanol–water partition coefficient (Wildman–Crippen LogP) is 2.87. The Labute approximate surface area is 77.6 Å². The summed E-state index contributed by atoms with van der Waals surface area (Å²) in [7, 11) is 0. The van der Waals surface area contributed by atoms with Crippen LogP contribution in [0.3, 0.4) is 0 Å². The molecule has 74 valence electrons. The van der Waals surface area contributed by atoms with Crippen LogP contribution in [0.25, 0.3) is 0 Å². The highest BCUT2D eigenvalue weighted by atomic mass is 19.2. The van der Waals surface area contributed by atoms with E-state index in [2.05, 4.69) is 0 Å². The van der Waals surface area contributed by atoms with Gasteiger partial charge in [-0.1, -0.05) is 0 Å². The van der Waals surface area contributed by atoms with E-state index in [1.165, 1.54) is 6.92 Å². The second-order valence-electron chi connectivity index (χ2n) is 2.74. The van der Waals surface area contributed by atoms with Crippen LogP contribution in [0.4, 0.5) is 17.6 Å². The van der Waals surface area contributed by atoms with Gasteiger partial charge in [0.05, 0.1) is 12.0 Å². The molecule has 0 aromatic heterocycles. The molecule has 0 bridgehead atoms. The second-order valence-corrected chi connectivity index (χ2v) is 2.74. The molecule has 1 rings (SSSR count). The molecule has 1 nitrogen and oxygen atoms in total. The molecule has 0 radical (unpaired) electrons. The number of hydrogen-bond acceptors (Lipinski definition) is 1. The maximum atomic E-state index is 12.9. The summed E-state index contributed by atoms with van der Waals surface area (Å²) < 4.78 is 50.7. The first-order valence-corrected chi connectivity index (χ1v) is 3.71. The number of rotatable bonds is 1. The van der Waals surface area contributed by atoms with Gasteiger partial charge in [0.1, 0.15) is 0 Å². The van der Waals surface area contributed by atoms with Crippen molar-refractivity contribution in [1.29, 1.82) is 5.26 Å². The molecule has 0 aliphatic carbocycles. The fourth-order valence-corrected chi connectivity index (χ4v) is 0.976. The van der Waals surface area contributed by atoms with Gasteiger partial charge in [-0.25, -0.2) is 17.6 Å². The largest absolute Gasteiger partial charge is 0.204 e. The zero-order valence-electron chi connectivity index (χ0n) is 7.11. The SMILES string of the molecule is CC(C#N)c1cc(F)c(F)c(F)c1F. The highest BCUT2D eigenvalue weighted by Crippen LogP contribution is 2.24. The van der Waals surface area contributed by atoms with Crippen LogP contribution in [0.15, 0.2) is 6.07 Å². The fraction of sp³-hybridized carbons (Fsp3) is 0.222. The zero-order chi connectivity index (χ0) is 10.9. The first-order chi connectivity index (χ1) is 6.49. The zero-order valence-corrected chi connectivity index (χ0v) is 7.11. The Balaban J connectivity index is 3.42. The number of halogens is 4. The third-order valence-corrected chi connectivity index (χ3v) is 1.79. The molecular weight excluding hydrogens is 198 g/mol. The molecule has 1 aromatic carbocycles. The molecule has 0 heterocycles. The van der Waals surface area contributed by atoms with Crippen molar-refractivity contribution in [3.8, 4) is 6.07 Å². The second kappa shape index (κ2) is 3.66. The normalized spacial score (nSPS) is 12.3. The van der Waals surface area contributed by atoms with Gasteiger partial charge in [0.25, 0.3) is 0 Å². The highest BCUT2D eigenvalue weighted by Gasteiger charge is 2.21. The Bertz CT molecular complexity index is 408. The first-order valence-electron chi connectivity index (χ1n) is 3.71. The van der Waals surface area contributed by atoms with Crippen LogP contribution < -0.4 is 0 Å². The molecule has 5 heteroatoms. The Morgan fingerprint density at radius 3 is 2.21 bits per heavy atom. The maximum absolute atomic E-state index is 12.9. The van der Waals surface area contributed by atoms with Crippen molar-refractivity contribution < 1.29 is 17.6 Å². The van der Waals surface area contributed by atoms with Gasteiger partial charge in [0.15, 0.2) is 23.3 Å². The monoisotopic (exact) mass is 203 g/mol. The Morgan fingerprint density at radius 2 is 1.71 bits per heavy atom. The lowest BCUT2D eigenvalue weighted by molar-refractivity contribution is 0.403. The van der Waals surface area contributed by atoms with Gasteiger partial charge < -0.3 is 0 Å². The first kappa shape index (κ1) is 10.5. The summed E-state index contributed by atoms with van der Waals surface area (Å²) in [6.45, 7) is 1.26. The number of nitriles is 1. The quantitative estimate of drug-likeness (QED) is 0.391. The minimum Gasteiger partial charge on any atom is -0.204 e. The summed E-state index contributed by atoms with van der Waals surface area (Å²) in [5, 5.41) is 8.41. The summed E-state index contributed by atoms with van der Waals surface area (Å²) in [6.07, 6.45) is 0. The number of nitrogens with zero attached hydrogens (tertiary/aromatic N) is 1. The smallest absolute Gasteiger partial charge is 0.197 e. The van der Waals surface area contributed by atoms with Crippen LogP contribution in [0, 0.1) is 34.6 Å². The van der Waals surface area contributed by atoms with Gasteiger partial charge in [-0.3, -0.25) is 0 Å². The van der Waals surface area contributed by atoms with Crippen molar-refractivity contribution >= 4 is 0 Å². The van der Waals surface area contributed by atoms with Gasteiger partial charge in [-0.2, -0.15) is 5.26 Å². The predicted molar refractivity (Wildman–Crippen MR) is 40.3 cm³/mol. The third-order valence-electron chi connectivity index (χ3n) is 1.79. The van der Waals surface area contributed by atoms with Gasteiger partial charge in [0, 0.05) is 5.56 Å². The van der Waals surface area contributed by atoms with Crippen molar-refractivity contribution in [3.63, 3.8) is 0 Å². The van der Waals surface area contributed by atoms with E-state index in [1.54, 1.807) is 6.07 Å². The minimum atomic E-state index is -1.89. The molecule has 14 heavy (non-hydrogen) atoms. The number of hydrogen-bond donors (Lipinski definition) is 0. The summed E-state index contributed by atoms with van der Waals surface area (Å²) in [4.78, 5) is 0. The van der Waals surface area contributed by atoms with E-state index in [4.69, 9.17) is 5.26 Å². The van der Waals surface area contributed by atoms with E-state index in [9.17, 15) is 17.6 Å². The molecule has 1 atom stereocenters. The molecule has 0 aliphatic heterocycles. The standard InChI is InChI=1S/C9H5F4N/c1-4(3-14)5-2-6(10)8(12)9(13)7(5)11/h2,4H,1H3. The minimum absolute atomic E-state index is 0.482. The van der Waals surface area contributed by atoms with Crippen molar-refractivity contribution in [3.05, 3.63) is 34.9 Å². The average Bonchev–Trinajstić information content (AvgIpc) is 2.19. The number of benzene rings is 1. The topological polar surface area (TPSA) is 23.8 Å². The Hall–Kier alpha value is -1.57. The van der Waals surface area contributed by atoms with Crippen LogP contribution >= 0.6 is 0 Å². The van der Waals surface area contributed by atoms with E-state index in [1.807, 2.05) is 0 Å². The van der Waals surface area contributed by atoms with Crippen molar-refractivity contribution in [2.75, 3.05) is 0 Å². The van der Waals surface area contributed by atoms with Crippen LogP contribution in [0.5, 0.6) is 0 Å². The summed E-state index contributed by atoms with van der Waals surface area (Å²) in [5.41, 5.74) is -0.482. The molecule has 0 amide bonds. The lowest BCUT2D eigenvalue weighted by atomic mass is 10.0. The molecule has 0 saturated heterocycles. The van der Waals surface area contributed by atoms with E-state index < -0.39 is 34.8 Å². The third kappa shape index (κ3) is 1.55. The lowest BCUT2D eigenvalue weighted by Crippen LogP contribution is -2.03. The van der Waals surface area contributed by atoms with Crippen molar-refractivity contribution in [1.82, 2.24) is 0 Å². The van der Waals surface area contributed by atoms with E-state index in [-0.39, 0.29) is 0 Å². The van der Waals surface area contributed by atoms with E-state index in [0.29, 0.717) is 6.07 Å². The maximum Gasteiger partial charge on any atom is 0.197 e. The van der Waals surface area contributed by atoms with Gasteiger partial charge in [0.2, 0.25) is 0 Å². The lowest BCUT2D eigenvalue weighted by Gasteiger charge is -2.06. The summed E-state index contributed by atoms with van der Waals surface area (Å²) >= 11 is 0.